The summed E-state index contributed by atoms with van der Waals surface area (Å²) < 4.78 is 10.4. The van der Waals surface area contributed by atoms with Crippen LogP contribution in [0.5, 0.6) is 5.88 Å². The van der Waals surface area contributed by atoms with Gasteiger partial charge in [-0.1, -0.05) is 23.2 Å². The van der Waals surface area contributed by atoms with Crippen LogP contribution in [0, 0.1) is 0 Å². The van der Waals surface area contributed by atoms with E-state index in [1.807, 2.05) is 0 Å². The van der Waals surface area contributed by atoms with E-state index in [1.54, 1.807) is 25.1 Å². The highest BCUT2D eigenvalue weighted by atomic mass is 35.5. The highest BCUT2D eigenvalue weighted by Crippen LogP contribution is 2.34. The molecule has 2 aromatic rings. The summed E-state index contributed by atoms with van der Waals surface area (Å²) in [7, 11) is 0. The standard InChI is InChI=1S/C20H19Cl2N5O5/c1-2-31-15(28)10-25-5-6-27(20(25)30)14-4-3-12(9-13(14)21)26-7-8-32-18-16(19(26)29)17(22)23-11-24-18/h3-4,9,11H,2,5-8,10H2,1H3. The molecule has 168 valence electrons. The predicted molar refractivity (Wildman–Crippen MR) is 117 cm³/mol. The SMILES string of the molecule is CCOC(=O)CN1CCN(c2ccc(N3CCOc4ncnc(Cl)c4C3=O)cc2Cl)C1=O. The van der Waals surface area contributed by atoms with Gasteiger partial charge in [-0.2, -0.15) is 0 Å². The van der Waals surface area contributed by atoms with Crippen molar-refractivity contribution in [1.82, 2.24) is 14.9 Å². The second-order valence-corrected chi connectivity index (χ2v) is 7.71. The third kappa shape index (κ3) is 4.15. The van der Waals surface area contributed by atoms with Crippen molar-refractivity contribution in [2.75, 3.05) is 49.2 Å². The average molecular weight is 480 g/mol. The Labute approximate surface area is 193 Å². The number of carbonyl (C=O) groups is 3. The number of amides is 3. The minimum Gasteiger partial charge on any atom is -0.475 e. The number of hydrogen-bond donors (Lipinski definition) is 0. The highest BCUT2D eigenvalue weighted by molar-refractivity contribution is 6.35. The molecule has 10 nitrogen and oxygen atoms in total. The van der Waals surface area contributed by atoms with Crippen molar-refractivity contribution in [1.29, 1.82) is 0 Å². The van der Waals surface area contributed by atoms with Crippen LogP contribution in [0.3, 0.4) is 0 Å². The summed E-state index contributed by atoms with van der Waals surface area (Å²) in [6.45, 7) is 3.03. The van der Waals surface area contributed by atoms with Crippen LogP contribution >= 0.6 is 23.2 Å². The molecule has 1 aromatic heterocycles. The monoisotopic (exact) mass is 479 g/mol. The molecule has 4 rings (SSSR count). The van der Waals surface area contributed by atoms with E-state index in [1.165, 1.54) is 21.0 Å². The number of esters is 1. The van der Waals surface area contributed by atoms with E-state index >= 15 is 0 Å². The van der Waals surface area contributed by atoms with Gasteiger partial charge >= 0.3 is 12.0 Å². The Morgan fingerprint density at radius 2 is 1.97 bits per heavy atom. The maximum atomic E-state index is 13.1. The van der Waals surface area contributed by atoms with E-state index in [-0.39, 0.29) is 54.0 Å². The van der Waals surface area contributed by atoms with Crippen molar-refractivity contribution in [2.24, 2.45) is 0 Å². The Balaban J connectivity index is 1.55. The Morgan fingerprint density at radius 1 is 1.16 bits per heavy atom. The molecule has 0 atom stereocenters. The summed E-state index contributed by atoms with van der Waals surface area (Å²) in [6, 6.07) is 4.60. The minimum atomic E-state index is -0.464. The first-order valence-corrected chi connectivity index (χ1v) is 10.6. The Morgan fingerprint density at radius 3 is 2.72 bits per heavy atom. The van der Waals surface area contributed by atoms with Crippen LogP contribution in [0.4, 0.5) is 16.2 Å². The first-order valence-electron chi connectivity index (χ1n) is 9.87. The number of hydrogen-bond acceptors (Lipinski definition) is 7. The van der Waals surface area contributed by atoms with Gasteiger partial charge in [0.1, 0.15) is 30.2 Å². The lowest BCUT2D eigenvalue weighted by Crippen LogP contribution is -2.36. The van der Waals surface area contributed by atoms with Crippen molar-refractivity contribution in [3.05, 3.63) is 40.3 Å². The summed E-state index contributed by atoms with van der Waals surface area (Å²) >= 11 is 12.6. The molecule has 1 saturated heterocycles. The summed E-state index contributed by atoms with van der Waals surface area (Å²) in [5.74, 6) is -0.747. The van der Waals surface area contributed by atoms with Gasteiger partial charge in [0.15, 0.2) is 0 Å². The number of benzene rings is 1. The lowest BCUT2D eigenvalue weighted by molar-refractivity contribution is -0.143. The van der Waals surface area contributed by atoms with Crippen LogP contribution in [-0.2, 0) is 9.53 Å². The van der Waals surface area contributed by atoms with E-state index in [0.717, 1.165) is 0 Å². The van der Waals surface area contributed by atoms with Gasteiger partial charge in [-0.3, -0.25) is 14.5 Å². The van der Waals surface area contributed by atoms with Gasteiger partial charge in [0.05, 0.1) is 23.9 Å². The van der Waals surface area contributed by atoms with Gasteiger partial charge in [0.25, 0.3) is 5.91 Å². The molecule has 0 unspecified atom stereocenters. The average Bonchev–Trinajstić information content (AvgIpc) is 3.00. The highest BCUT2D eigenvalue weighted by Gasteiger charge is 2.33. The maximum absolute atomic E-state index is 13.1. The van der Waals surface area contributed by atoms with Crippen LogP contribution in [0.2, 0.25) is 10.2 Å². The zero-order valence-corrected chi connectivity index (χ0v) is 18.6. The second kappa shape index (κ2) is 9.17. The van der Waals surface area contributed by atoms with Gasteiger partial charge in [0.2, 0.25) is 5.88 Å². The third-order valence-corrected chi connectivity index (χ3v) is 5.62. The van der Waals surface area contributed by atoms with Crippen molar-refractivity contribution >= 4 is 52.5 Å². The Bertz CT molecular complexity index is 1080. The number of carbonyl (C=O) groups excluding carboxylic acids is 3. The molecule has 3 amide bonds. The van der Waals surface area contributed by atoms with Gasteiger partial charge in [0, 0.05) is 18.8 Å². The summed E-state index contributed by atoms with van der Waals surface area (Å²) in [6.07, 6.45) is 1.23. The zero-order chi connectivity index (χ0) is 22.8. The quantitative estimate of drug-likeness (QED) is 0.479. The molecule has 12 heteroatoms. The van der Waals surface area contributed by atoms with Gasteiger partial charge in [-0.25, -0.2) is 14.8 Å². The van der Waals surface area contributed by atoms with Gasteiger partial charge in [-0.15, -0.1) is 0 Å². The molecule has 32 heavy (non-hydrogen) atoms. The largest absolute Gasteiger partial charge is 0.475 e. The molecule has 0 spiro atoms. The van der Waals surface area contributed by atoms with Crippen molar-refractivity contribution in [2.45, 2.75) is 6.92 Å². The topological polar surface area (TPSA) is 105 Å². The number of halogens is 2. The van der Waals surface area contributed by atoms with Crippen LogP contribution in [0.1, 0.15) is 17.3 Å². The van der Waals surface area contributed by atoms with E-state index in [0.29, 0.717) is 24.5 Å². The second-order valence-electron chi connectivity index (χ2n) is 6.95. The first-order chi connectivity index (χ1) is 15.4. The fourth-order valence-corrected chi connectivity index (χ4v) is 4.04. The molecule has 0 N–H and O–H groups in total. The molecule has 1 fully saturated rings. The molecule has 0 radical (unpaired) electrons. The van der Waals surface area contributed by atoms with Crippen LogP contribution < -0.4 is 14.5 Å². The molecular formula is C20H19Cl2N5O5. The summed E-state index contributed by atoms with van der Waals surface area (Å²) in [5, 5.41) is 0.279. The number of urea groups is 1. The number of fused-ring (bicyclic) bond motifs is 1. The fraction of sp³-hybridized carbons (Fsp3) is 0.350. The van der Waals surface area contributed by atoms with Crippen molar-refractivity contribution in [3.63, 3.8) is 0 Å². The molecule has 2 aliphatic rings. The number of aromatic nitrogens is 2. The summed E-state index contributed by atoms with van der Waals surface area (Å²) in [4.78, 5) is 49.7. The number of anilines is 2. The maximum Gasteiger partial charge on any atom is 0.325 e. The lowest BCUT2D eigenvalue weighted by Gasteiger charge is -2.23. The third-order valence-electron chi connectivity index (χ3n) is 5.03. The van der Waals surface area contributed by atoms with Crippen molar-refractivity contribution in [3.8, 4) is 5.88 Å². The Hall–Kier alpha value is -3.11. The molecule has 3 heterocycles. The molecule has 0 bridgehead atoms. The smallest absolute Gasteiger partial charge is 0.325 e. The van der Waals surface area contributed by atoms with Crippen LogP contribution in [0.15, 0.2) is 24.5 Å². The molecule has 0 aliphatic carbocycles. The van der Waals surface area contributed by atoms with Gasteiger partial charge < -0.3 is 19.3 Å². The first kappa shape index (κ1) is 22.1. The van der Waals surface area contributed by atoms with Crippen molar-refractivity contribution < 1.29 is 23.9 Å². The molecular weight excluding hydrogens is 461 g/mol. The van der Waals surface area contributed by atoms with Crippen LogP contribution in [-0.4, -0.2) is 72.2 Å². The van der Waals surface area contributed by atoms with E-state index in [9.17, 15) is 14.4 Å². The van der Waals surface area contributed by atoms with E-state index < -0.39 is 11.9 Å². The van der Waals surface area contributed by atoms with Gasteiger partial charge in [-0.05, 0) is 25.1 Å². The van der Waals surface area contributed by atoms with Crippen LogP contribution in [0.25, 0.3) is 0 Å². The zero-order valence-electron chi connectivity index (χ0n) is 17.1. The molecule has 0 saturated carbocycles. The predicted octanol–water partition coefficient (Wildman–Crippen LogP) is 2.63. The molecule has 1 aromatic carbocycles. The number of rotatable bonds is 5. The normalized spacial score (nSPS) is 16.0. The lowest BCUT2D eigenvalue weighted by atomic mass is 10.2. The number of ether oxygens (including phenoxy) is 2. The van der Waals surface area contributed by atoms with E-state index in [4.69, 9.17) is 32.7 Å². The van der Waals surface area contributed by atoms with E-state index in [2.05, 4.69) is 9.97 Å². The number of nitrogens with zero attached hydrogens (tertiary/aromatic N) is 5. The summed E-state index contributed by atoms with van der Waals surface area (Å²) in [5.41, 5.74) is 1.07. The molecule has 2 aliphatic heterocycles. The fourth-order valence-electron chi connectivity index (χ4n) is 3.55. The Kier molecular flexibility index (Phi) is 6.33. The minimum absolute atomic E-state index is 0.000952.